The molecule has 0 spiro atoms. The fourth-order valence-electron chi connectivity index (χ4n) is 2.68. The van der Waals surface area contributed by atoms with Gasteiger partial charge in [-0.25, -0.2) is 0 Å². The van der Waals surface area contributed by atoms with Crippen LogP contribution in [0.3, 0.4) is 0 Å². The van der Waals surface area contributed by atoms with Gasteiger partial charge >= 0.3 is 0 Å². The lowest BCUT2D eigenvalue weighted by Gasteiger charge is -2.06. The van der Waals surface area contributed by atoms with E-state index in [0.29, 0.717) is 6.42 Å². The van der Waals surface area contributed by atoms with E-state index in [1.807, 2.05) is 24.3 Å². The lowest BCUT2D eigenvalue weighted by molar-refractivity contribution is -0.121. The second-order valence-electron chi connectivity index (χ2n) is 6.34. The first-order valence-electron chi connectivity index (χ1n) is 9.54. The van der Waals surface area contributed by atoms with Crippen molar-refractivity contribution >= 4 is 17.7 Å². The lowest BCUT2D eigenvalue weighted by Crippen LogP contribution is -2.25. The van der Waals surface area contributed by atoms with Gasteiger partial charge in [-0.1, -0.05) is 61.4 Å². The molecule has 3 nitrogen and oxygen atoms in total. The number of benzene rings is 2. The maximum absolute atomic E-state index is 11.8. The largest absolute Gasteiger partial charge is 0.355 e. The predicted octanol–water partition coefficient (Wildman–Crippen LogP) is 4.64. The summed E-state index contributed by atoms with van der Waals surface area (Å²) in [6, 6.07) is 20.8. The van der Waals surface area contributed by atoms with Gasteiger partial charge in [-0.05, 0) is 37.1 Å². The van der Waals surface area contributed by atoms with Crippen molar-refractivity contribution in [2.75, 3.05) is 18.8 Å². The minimum absolute atomic E-state index is 0.181. The topological polar surface area (TPSA) is 41.1 Å². The molecule has 2 aromatic carbocycles. The first kappa shape index (κ1) is 20.5. The van der Waals surface area contributed by atoms with Crippen LogP contribution >= 0.6 is 11.8 Å². The van der Waals surface area contributed by atoms with E-state index in [4.69, 9.17) is 0 Å². The van der Waals surface area contributed by atoms with Crippen LogP contribution in [0.4, 0.5) is 0 Å². The van der Waals surface area contributed by atoms with Gasteiger partial charge in [0.05, 0.1) is 0 Å². The van der Waals surface area contributed by atoms with E-state index in [1.54, 1.807) is 11.8 Å². The summed E-state index contributed by atoms with van der Waals surface area (Å²) in [6.45, 7) is 2.71. The van der Waals surface area contributed by atoms with Gasteiger partial charge in [0, 0.05) is 30.2 Å². The van der Waals surface area contributed by atoms with Crippen LogP contribution < -0.4 is 10.6 Å². The molecular formula is C22H30N2OS. The van der Waals surface area contributed by atoms with Crippen molar-refractivity contribution in [1.29, 1.82) is 0 Å². The highest BCUT2D eigenvalue weighted by Gasteiger charge is 2.01. The van der Waals surface area contributed by atoms with Crippen LogP contribution in [0.1, 0.15) is 37.7 Å². The Morgan fingerprint density at radius 3 is 2.27 bits per heavy atom. The summed E-state index contributed by atoms with van der Waals surface area (Å²) in [4.78, 5) is 13.1. The molecule has 26 heavy (non-hydrogen) atoms. The Hall–Kier alpha value is -1.78. The molecule has 0 aromatic heterocycles. The van der Waals surface area contributed by atoms with Gasteiger partial charge in [-0.15, -0.1) is 11.8 Å². The summed E-state index contributed by atoms with van der Waals surface area (Å²) in [7, 11) is 0. The summed E-state index contributed by atoms with van der Waals surface area (Å²) < 4.78 is 0. The minimum atomic E-state index is 0.181. The fraction of sp³-hybridized carbons (Fsp3) is 0.409. The normalized spacial score (nSPS) is 10.6. The van der Waals surface area contributed by atoms with Crippen LogP contribution in [-0.2, 0) is 11.3 Å². The average Bonchev–Trinajstić information content (AvgIpc) is 2.69. The van der Waals surface area contributed by atoms with Gasteiger partial charge in [0.25, 0.3) is 0 Å². The number of rotatable bonds is 13. The second kappa shape index (κ2) is 13.4. The standard InChI is InChI=1S/C22H30N2OS/c25-22(24-17-18-26-21-13-7-4-8-14-21)15-9-1-2-10-16-23-19-20-11-5-3-6-12-20/h3-8,11-14,23H,1-2,9-10,15-19H2,(H,24,25). The van der Waals surface area contributed by atoms with Crippen molar-refractivity contribution in [3.8, 4) is 0 Å². The van der Waals surface area contributed by atoms with E-state index in [1.165, 1.54) is 23.3 Å². The molecule has 2 aromatic rings. The second-order valence-corrected chi connectivity index (χ2v) is 7.51. The van der Waals surface area contributed by atoms with Crippen LogP contribution in [-0.4, -0.2) is 24.7 Å². The van der Waals surface area contributed by atoms with Crippen molar-refractivity contribution in [3.05, 3.63) is 66.2 Å². The van der Waals surface area contributed by atoms with E-state index >= 15 is 0 Å². The maximum atomic E-state index is 11.8. The third-order valence-corrected chi connectivity index (χ3v) is 5.13. The number of unbranched alkanes of at least 4 members (excludes halogenated alkanes) is 3. The third-order valence-electron chi connectivity index (χ3n) is 4.12. The van der Waals surface area contributed by atoms with Gasteiger partial charge in [0.15, 0.2) is 0 Å². The summed E-state index contributed by atoms with van der Waals surface area (Å²) >= 11 is 1.78. The molecule has 0 fully saturated rings. The van der Waals surface area contributed by atoms with Crippen LogP contribution in [0.15, 0.2) is 65.6 Å². The zero-order valence-corrected chi connectivity index (χ0v) is 16.3. The molecule has 0 radical (unpaired) electrons. The Morgan fingerprint density at radius 1 is 0.808 bits per heavy atom. The lowest BCUT2D eigenvalue weighted by atomic mass is 10.1. The van der Waals surface area contributed by atoms with Crippen molar-refractivity contribution in [2.24, 2.45) is 0 Å². The van der Waals surface area contributed by atoms with E-state index in [2.05, 4.69) is 47.0 Å². The summed E-state index contributed by atoms with van der Waals surface area (Å²) in [6.07, 6.45) is 5.10. The molecule has 0 aliphatic heterocycles. The summed E-state index contributed by atoms with van der Waals surface area (Å²) in [5.74, 6) is 1.10. The van der Waals surface area contributed by atoms with Crippen LogP contribution in [0.2, 0.25) is 0 Å². The highest BCUT2D eigenvalue weighted by molar-refractivity contribution is 7.99. The number of amides is 1. The van der Waals surface area contributed by atoms with E-state index < -0.39 is 0 Å². The van der Waals surface area contributed by atoms with Gasteiger partial charge in [-0.2, -0.15) is 0 Å². The molecule has 2 rings (SSSR count). The van der Waals surface area contributed by atoms with Crippen LogP contribution in [0, 0.1) is 0 Å². The van der Waals surface area contributed by atoms with Crippen LogP contribution in [0.5, 0.6) is 0 Å². The molecule has 0 heterocycles. The highest BCUT2D eigenvalue weighted by Crippen LogP contribution is 2.15. The predicted molar refractivity (Wildman–Crippen MR) is 111 cm³/mol. The summed E-state index contributed by atoms with van der Waals surface area (Å²) in [5, 5.41) is 6.48. The van der Waals surface area contributed by atoms with Crippen LogP contribution in [0.25, 0.3) is 0 Å². The zero-order valence-electron chi connectivity index (χ0n) is 15.5. The molecule has 4 heteroatoms. The SMILES string of the molecule is O=C(CCCCCCNCc1ccccc1)NCCSc1ccccc1. The molecule has 0 bridgehead atoms. The van der Waals surface area contributed by atoms with Gasteiger partial charge in [0.1, 0.15) is 0 Å². The number of thioether (sulfide) groups is 1. The van der Waals surface area contributed by atoms with E-state index in [0.717, 1.165) is 38.2 Å². The monoisotopic (exact) mass is 370 g/mol. The molecule has 140 valence electrons. The Bertz CT molecular complexity index is 604. The third kappa shape index (κ3) is 9.64. The molecular weight excluding hydrogens is 340 g/mol. The Balaban J connectivity index is 1.37. The molecule has 0 atom stereocenters. The number of hydrogen-bond donors (Lipinski definition) is 2. The van der Waals surface area contributed by atoms with Gasteiger partial charge < -0.3 is 10.6 Å². The molecule has 0 saturated carbocycles. The average molecular weight is 371 g/mol. The Labute approximate surface area is 162 Å². The van der Waals surface area contributed by atoms with Crippen molar-refractivity contribution in [3.63, 3.8) is 0 Å². The van der Waals surface area contributed by atoms with E-state index in [9.17, 15) is 4.79 Å². The van der Waals surface area contributed by atoms with Gasteiger partial charge in [0.2, 0.25) is 5.91 Å². The molecule has 0 aliphatic carbocycles. The first-order valence-corrected chi connectivity index (χ1v) is 10.5. The molecule has 0 saturated heterocycles. The number of nitrogens with one attached hydrogen (secondary N) is 2. The van der Waals surface area contributed by atoms with E-state index in [-0.39, 0.29) is 5.91 Å². The molecule has 0 unspecified atom stereocenters. The number of carbonyl (C=O) groups excluding carboxylic acids is 1. The Morgan fingerprint density at radius 2 is 1.50 bits per heavy atom. The molecule has 2 N–H and O–H groups in total. The van der Waals surface area contributed by atoms with Crippen molar-refractivity contribution in [2.45, 2.75) is 43.5 Å². The fourth-order valence-corrected chi connectivity index (χ4v) is 3.47. The number of hydrogen-bond acceptors (Lipinski definition) is 3. The molecule has 0 aliphatic rings. The maximum Gasteiger partial charge on any atom is 0.220 e. The van der Waals surface area contributed by atoms with Crippen molar-refractivity contribution < 1.29 is 4.79 Å². The highest BCUT2D eigenvalue weighted by atomic mass is 32.2. The minimum Gasteiger partial charge on any atom is -0.355 e. The number of carbonyl (C=O) groups is 1. The first-order chi connectivity index (χ1) is 12.8. The van der Waals surface area contributed by atoms with Gasteiger partial charge in [-0.3, -0.25) is 4.79 Å². The quantitative estimate of drug-likeness (QED) is 0.399. The Kier molecular flexibility index (Phi) is 10.6. The molecule has 1 amide bonds. The van der Waals surface area contributed by atoms with Crippen molar-refractivity contribution in [1.82, 2.24) is 10.6 Å². The summed E-state index contributed by atoms with van der Waals surface area (Å²) in [5.41, 5.74) is 1.33. The zero-order chi connectivity index (χ0) is 18.3. The smallest absolute Gasteiger partial charge is 0.220 e.